The summed E-state index contributed by atoms with van der Waals surface area (Å²) in [7, 11) is 0. The van der Waals surface area contributed by atoms with Gasteiger partial charge in [-0.3, -0.25) is 9.59 Å². The second-order valence-corrected chi connectivity index (χ2v) is 6.76. The van der Waals surface area contributed by atoms with E-state index in [1.807, 2.05) is 11.0 Å². The number of piperazine rings is 1. The quantitative estimate of drug-likeness (QED) is 0.745. The smallest absolute Gasteiger partial charge is 0.257 e. The molecule has 146 valence electrons. The fourth-order valence-electron chi connectivity index (χ4n) is 3.32. The minimum atomic E-state index is -0.152. The zero-order valence-electron chi connectivity index (χ0n) is 16.0. The van der Waals surface area contributed by atoms with Crippen molar-refractivity contribution in [3.63, 3.8) is 0 Å². The first-order chi connectivity index (χ1) is 13.1. The number of rotatable bonds is 7. The number of hydrogen-bond acceptors (Lipinski definition) is 5. The first-order valence-corrected chi connectivity index (χ1v) is 9.44. The lowest BCUT2D eigenvalue weighted by atomic mass is 10.2. The third-order valence-electron chi connectivity index (χ3n) is 5.07. The van der Waals surface area contributed by atoms with Gasteiger partial charge in [0, 0.05) is 39.1 Å². The van der Waals surface area contributed by atoms with Gasteiger partial charge in [-0.25, -0.2) is 0 Å². The summed E-state index contributed by atoms with van der Waals surface area (Å²) in [6.07, 6.45) is 3.39. The van der Waals surface area contributed by atoms with Crippen LogP contribution < -0.4 is 0 Å². The van der Waals surface area contributed by atoms with E-state index < -0.39 is 0 Å². The fraction of sp³-hybridized carbons (Fsp3) is 0.500. The van der Waals surface area contributed by atoms with Gasteiger partial charge in [-0.2, -0.15) is 0 Å². The van der Waals surface area contributed by atoms with Crippen molar-refractivity contribution in [1.29, 1.82) is 0 Å². The van der Waals surface area contributed by atoms with Crippen LogP contribution in [-0.4, -0.2) is 65.8 Å². The average molecular weight is 373 g/mol. The molecule has 0 unspecified atom stereocenters. The van der Waals surface area contributed by atoms with Crippen molar-refractivity contribution in [2.45, 2.75) is 26.8 Å². The summed E-state index contributed by atoms with van der Waals surface area (Å²) in [5, 5.41) is 0. The molecule has 2 aromatic rings. The lowest BCUT2D eigenvalue weighted by Crippen LogP contribution is -2.49. The van der Waals surface area contributed by atoms with Gasteiger partial charge in [-0.15, -0.1) is 0 Å². The zero-order valence-corrected chi connectivity index (χ0v) is 16.0. The van der Waals surface area contributed by atoms with Crippen LogP contribution in [0.25, 0.3) is 0 Å². The predicted molar refractivity (Wildman–Crippen MR) is 100 cm³/mol. The Balaban J connectivity index is 1.62. The molecule has 0 aromatic carbocycles. The molecule has 27 heavy (non-hydrogen) atoms. The van der Waals surface area contributed by atoms with Gasteiger partial charge < -0.3 is 23.5 Å². The average Bonchev–Trinajstić information content (AvgIpc) is 3.36. The molecule has 7 nitrogen and oxygen atoms in total. The van der Waals surface area contributed by atoms with E-state index in [1.165, 1.54) is 6.26 Å². The Hall–Kier alpha value is -2.54. The highest BCUT2D eigenvalue weighted by molar-refractivity contribution is 5.95. The molecule has 1 saturated heterocycles. The number of nitrogens with zero attached hydrogens (tertiary/aromatic N) is 3. The van der Waals surface area contributed by atoms with Crippen LogP contribution in [0, 0.1) is 6.92 Å². The molecule has 0 N–H and O–H groups in total. The number of amides is 2. The van der Waals surface area contributed by atoms with E-state index in [2.05, 4.69) is 11.8 Å². The lowest BCUT2D eigenvalue weighted by molar-refractivity contribution is -0.133. The number of aryl methyl sites for hydroxylation is 1. The molecular formula is C20H27N3O4. The summed E-state index contributed by atoms with van der Waals surface area (Å²) in [6, 6.07) is 5.28. The third kappa shape index (κ3) is 4.80. The molecule has 0 atom stereocenters. The predicted octanol–water partition coefficient (Wildman–Crippen LogP) is 2.38. The number of furan rings is 2. The summed E-state index contributed by atoms with van der Waals surface area (Å²) in [6.45, 7) is 8.89. The summed E-state index contributed by atoms with van der Waals surface area (Å²) < 4.78 is 10.7. The van der Waals surface area contributed by atoms with Crippen LogP contribution in [0.5, 0.6) is 0 Å². The molecule has 3 heterocycles. The van der Waals surface area contributed by atoms with Gasteiger partial charge in [0.1, 0.15) is 11.5 Å². The molecule has 1 aliphatic heterocycles. The van der Waals surface area contributed by atoms with Crippen LogP contribution in [0.4, 0.5) is 0 Å². The van der Waals surface area contributed by atoms with Crippen molar-refractivity contribution >= 4 is 11.8 Å². The number of carbonyl (C=O) groups is 2. The molecule has 0 saturated carbocycles. The standard InChI is InChI=1S/C20H27N3O4/c1-3-21-9-11-22(12-10-21)19(24)6-8-23(15-17-5-4-13-27-17)20(25)18-7-14-26-16(18)2/h4-5,7,13-14H,3,6,8-12,15H2,1-2H3. The lowest BCUT2D eigenvalue weighted by Gasteiger charge is -2.34. The Labute approximate surface area is 159 Å². The van der Waals surface area contributed by atoms with E-state index in [1.54, 1.807) is 30.2 Å². The Morgan fingerprint density at radius 2 is 1.89 bits per heavy atom. The van der Waals surface area contributed by atoms with Crippen molar-refractivity contribution < 1.29 is 18.4 Å². The molecule has 0 aliphatic carbocycles. The second kappa shape index (κ2) is 8.90. The van der Waals surface area contributed by atoms with E-state index in [0.717, 1.165) is 32.7 Å². The molecule has 1 aliphatic rings. The first-order valence-electron chi connectivity index (χ1n) is 9.44. The molecule has 1 fully saturated rings. The third-order valence-corrected chi connectivity index (χ3v) is 5.07. The van der Waals surface area contributed by atoms with Crippen molar-refractivity contribution in [3.8, 4) is 0 Å². The normalized spacial score (nSPS) is 15.1. The summed E-state index contributed by atoms with van der Waals surface area (Å²) in [5.74, 6) is 1.20. The van der Waals surface area contributed by atoms with E-state index in [0.29, 0.717) is 36.6 Å². The Kier molecular flexibility index (Phi) is 6.34. The minimum absolute atomic E-state index is 0.0897. The van der Waals surface area contributed by atoms with Crippen LogP contribution in [0.1, 0.15) is 35.2 Å². The Morgan fingerprint density at radius 3 is 2.48 bits per heavy atom. The largest absolute Gasteiger partial charge is 0.469 e. The molecule has 0 spiro atoms. The van der Waals surface area contributed by atoms with Gasteiger partial charge in [-0.1, -0.05) is 6.92 Å². The van der Waals surface area contributed by atoms with Crippen LogP contribution >= 0.6 is 0 Å². The highest BCUT2D eigenvalue weighted by Crippen LogP contribution is 2.16. The van der Waals surface area contributed by atoms with Crippen LogP contribution in [0.15, 0.2) is 39.6 Å². The topological polar surface area (TPSA) is 70.1 Å². The summed E-state index contributed by atoms with van der Waals surface area (Å²) in [4.78, 5) is 31.4. The van der Waals surface area contributed by atoms with Crippen molar-refractivity contribution in [2.75, 3.05) is 39.3 Å². The molecule has 7 heteroatoms. The number of likely N-dealkylation sites (N-methyl/N-ethyl adjacent to an activating group) is 1. The number of hydrogen-bond donors (Lipinski definition) is 0. The maximum atomic E-state index is 12.9. The van der Waals surface area contributed by atoms with Crippen molar-refractivity contribution in [2.24, 2.45) is 0 Å². The molecule has 0 bridgehead atoms. The number of carbonyl (C=O) groups excluding carboxylic acids is 2. The van der Waals surface area contributed by atoms with Crippen molar-refractivity contribution in [3.05, 3.63) is 47.8 Å². The zero-order chi connectivity index (χ0) is 19.2. The highest BCUT2D eigenvalue weighted by Gasteiger charge is 2.24. The van der Waals surface area contributed by atoms with E-state index >= 15 is 0 Å². The fourth-order valence-corrected chi connectivity index (χ4v) is 3.32. The van der Waals surface area contributed by atoms with Gasteiger partial charge in [0.25, 0.3) is 5.91 Å². The molecule has 0 radical (unpaired) electrons. The van der Waals surface area contributed by atoms with Crippen LogP contribution in [-0.2, 0) is 11.3 Å². The van der Waals surface area contributed by atoms with E-state index in [-0.39, 0.29) is 11.8 Å². The van der Waals surface area contributed by atoms with Gasteiger partial charge in [-0.05, 0) is 31.7 Å². The van der Waals surface area contributed by atoms with Gasteiger partial charge in [0.15, 0.2) is 0 Å². The van der Waals surface area contributed by atoms with Gasteiger partial charge >= 0.3 is 0 Å². The highest BCUT2D eigenvalue weighted by atomic mass is 16.3. The molecular weight excluding hydrogens is 346 g/mol. The SMILES string of the molecule is CCN1CCN(C(=O)CCN(Cc2ccco2)C(=O)c2ccoc2C)CC1. The van der Waals surface area contributed by atoms with E-state index in [9.17, 15) is 9.59 Å². The molecule has 3 rings (SSSR count). The van der Waals surface area contributed by atoms with Crippen LogP contribution in [0.2, 0.25) is 0 Å². The molecule has 2 aromatic heterocycles. The second-order valence-electron chi connectivity index (χ2n) is 6.76. The Morgan fingerprint density at radius 1 is 1.11 bits per heavy atom. The molecule has 2 amide bonds. The summed E-state index contributed by atoms with van der Waals surface area (Å²) >= 11 is 0. The van der Waals surface area contributed by atoms with E-state index in [4.69, 9.17) is 8.83 Å². The first kappa shape index (κ1) is 19.2. The van der Waals surface area contributed by atoms with Gasteiger partial charge in [0.05, 0.1) is 24.6 Å². The monoisotopic (exact) mass is 373 g/mol. The maximum absolute atomic E-state index is 12.9. The summed E-state index contributed by atoms with van der Waals surface area (Å²) in [5.41, 5.74) is 0.519. The van der Waals surface area contributed by atoms with Crippen LogP contribution in [0.3, 0.4) is 0 Å². The van der Waals surface area contributed by atoms with Gasteiger partial charge in [0.2, 0.25) is 5.91 Å². The minimum Gasteiger partial charge on any atom is -0.469 e. The Bertz CT molecular complexity index is 745. The van der Waals surface area contributed by atoms with Crippen molar-refractivity contribution in [1.82, 2.24) is 14.7 Å². The maximum Gasteiger partial charge on any atom is 0.257 e.